The number of carbonyl (C=O) groups is 1. The fraction of sp³-hybridized carbons (Fsp3) is 0.467. The minimum atomic E-state index is -0.256. The molecule has 1 aliphatic heterocycles. The third-order valence-electron chi connectivity index (χ3n) is 3.05. The summed E-state index contributed by atoms with van der Waals surface area (Å²) in [6, 6.07) is 3.86. The third-order valence-corrected chi connectivity index (χ3v) is 3.05. The number of aliphatic hydroxyl groups is 1. The average molecular weight is 291 g/mol. The molecule has 0 atom stereocenters. The maximum absolute atomic E-state index is 11.8. The standard InChI is InChI=1S/C15H21N3O3/c1-11(2)21-15-13(14(20)16-17-15)10-12-6-5-8-18(12)7-3-4-9-19/h5-6,8,10-11,19H,3-4,7,9H2,1-2H3,(H,16,20)/b13-10+. The molecule has 0 saturated heterocycles. The second-order valence-corrected chi connectivity index (χ2v) is 5.14. The number of nitrogens with one attached hydrogen (secondary N) is 1. The monoisotopic (exact) mass is 291 g/mol. The summed E-state index contributed by atoms with van der Waals surface area (Å²) >= 11 is 0. The summed E-state index contributed by atoms with van der Waals surface area (Å²) in [4.78, 5) is 11.8. The highest BCUT2D eigenvalue weighted by Gasteiger charge is 2.25. The van der Waals surface area contributed by atoms with Crippen molar-refractivity contribution in [1.29, 1.82) is 0 Å². The van der Waals surface area contributed by atoms with E-state index in [1.807, 2.05) is 36.7 Å². The van der Waals surface area contributed by atoms with Crippen molar-refractivity contribution in [3.63, 3.8) is 0 Å². The van der Waals surface area contributed by atoms with Gasteiger partial charge in [-0.3, -0.25) is 4.79 Å². The van der Waals surface area contributed by atoms with E-state index < -0.39 is 0 Å². The van der Waals surface area contributed by atoms with E-state index in [0.717, 1.165) is 25.1 Å². The molecule has 1 aromatic heterocycles. The molecule has 2 heterocycles. The third kappa shape index (κ3) is 3.95. The zero-order valence-electron chi connectivity index (χ0n) is 12.4. The van der Waals surface area contributed by atoms with Gasteiger partial charge >= 0.3 is 0 Å². The first kappa shape index (κ1) is 15.3. The molecule has 2 N–H and O–H groups in total. The predicted octanol–water partition coefficient (Wildman–Crippen LogP) is 1.51. The topological polar surface area (TPSA) is 75.8 Å². The minimum Gasteiger partial charge on any atom is -0.473 e. The Morgan fingerprint density at radius 2 is 2.29 bits per heavy atom. The lowest BCUT2D eigenvalue weighted by atomic mass is 10.2. The number of nitrogens with zero attached hydrogens (tertiary/aromatic N) is 2. The van der Waals surface area contributed by atoms with Crippen LogP contribution in [0, 0.1) is 0 Å². The van der Waals surface area contributed by atoms with E-state index in [2.05, 4.69) is 10.5 Å². The molecule has 0 aromatic carbocycles. The Bertz CT molecular complexity index is 558. The summed E-state index contributed by atoms with van der Waals surface area (Å²) < 4.78 is 7.58. The maximum Gasteiger partial charge on any atom is 0.277 e. The van der Waals surface area contributed by atoms with Crippen LogP contribution in [0.15, 0.2) is 29.0 Å². The van der Waals surface area contributed by atoms with Crippen LogP contribution in [0.3, 0.4) is 0 Å². The number of rotatable bonds is 6. The molecule has 0 unspecified atom stereocenters. The van der Waals surface area contributed by atoms with E-state index in [9.17, 15) is 4.79 Å². The van der Waals surface area contributed by atoms with E-state index in [-0.39, 0.29) is 18.6 Å². The number of hydrazone groups is 1. The Morgan fingerprint density at radius 1 is 1.48 bits per heavy atom. The molecule has 0 spiro atoms. The Hall–Kier alpha value is -2.08. The smallest absolute Gasteiger partial charge is 0.277 e. The first-order chi connectivity index (χ1) is 10.1. The van der Waals surface area contributed by atoms with Crippen molar-refractivity contribution >= 4 is 17.9 Å². The number of hydrogen-bond donors (Lipinski definition) is 2. The van der Waals surface area contributed by atoms with E-state index in [0.29, 0.717) is 11.5 Å². The number of amides is 1. The fourth-order valence-electron chi connectivity index (χ4n) is 2.06. The number of aryl methyl sites for hydroxylation is 1. The number of ether oxygens (including phenoxy) is 1. The van der Waals surface area contributed by atoms with Gasteiger partial charge in [-0.25, -0.2) is 5.43 Å². The molecule has 0 aliphatic carbocycles. The minimum absolute atomic E-state index is 0.0452. The SMILES string of the molecule is CC(C)OC1=NNC(=O)/C1=C\c1cccn1CCCCO. The van der Waals surface area contributed by atoms with Crippen LogP contribution < -0.4 is 5.43 Å². The lowest BCUT2D eigenvalue weighted by Crippen LogP contribution is -2.16. The molecule has 1 amide bonds. The van der Waals surface area contributed by atoms with Crippen LogP contribution in [0.4, 0.5) is 0 Å². The van der Waals surface area contributed by atoms with Gasteiger partial charge in [0.15, 0.2) is 0 Å². The van der Waals surface area contributed by atoms with Crippen LogP contribution >= 0.6 is 0 Å². The Labute approximate surface area is 124 Å². The Morgan fingerprint density at radius 3 is 3.00 bits per heavy atom. The molecule has 1 aliphatic rings. The van der Waals surface area contributed by atoms with Crippen molar-refractivity contribution in [3.8, 4) is 0 Å². The van der Waals surface area contributed by atoms with Crippen molar-refractivity contribution in [1.82, 2.24) is 9.99 Å². The molecule has 6 nitrogen and oxygen atoms in total. The maximum atomic E-state index is 11.8. The first-order valence-electron chi connectivity index (χ1n) is 7.14. The molecular weight excluding hydrogens is 270 g/mol. The average Bonchev–Trinajstić information content (AvgIpc) is 3.00. The van der Waals surface area contributed by atoms with Gasteiger partial charge in [-0.2, -0.15) is 0 Å². The van der Waals surface area contributed by atoms with Crippen LogP contribution in [0.25, 0.3) is 6.08 Å². The van der Waals surface area contributed by atoms with Gasteiger partial charge in [-0.05, 0) is 44.9 Å². The highest BCUT2D eigenvalue weighted by Crippen LogP contribution is 2.15. The molecule has 114 valence electrons. The number of aliphatic hydroxyl groups excluding tert-OH is 1. The first-order valence-corrected chi connectivity index (χ1v) is 7.14. The van der Waals surface area contributed by atoms with Crippen LogP contribution in [0.2, 0.25) is 0 Å². The van der Waals surface area contributed by atoms with Crippen molar-refractivity contribution in [3.05, 3.63) is 29.6 Å². The summed E-state index contributed by atoms with van der Waals surface area (Å²) in [6.45, 7) is 4.77. The molecule has 6 heteroatoms. The summed E-state index contributed by atoms with van der Waals surface area (Å²) in [5.74, 6) is 0.0758. The molecule has 0 fully saturated rings. The lowest BCUT2D eigenvalue weighted by molar-refractivity contribution is -0.116. The van der Waals surface area contributed by atoms with Gasteiger partial charge < -0.3 is 14.4 Å². The van der Waals surface area contributed by atoms with Crippen LogP contribution in [-0.4, -0.2) is 34.2 Å². The Balaban J connectivity index is 2.16. The van der Waals surface area contributed by atoms with Crippen LogP contribution in [0.5, 0.6) is 0 Å². The van der Waals surface area contributed by atoms with E-state index in [1.54, 1.807) is 6.08 Å². The second-order valence-electron chi connectivity index (χ2n) is 5.14. The summed E-state index contributed by atoms with van der Waals surface area (Å²) in [6.07, 6.45) is 5.34. The normalized spacial score (nSPS) is 16.5. The number of unbranched alkanes of at least 4 members (excludes halogenated alkanes) is 1. The van der Waals surface area contributed by atoms with Gasteiger partial charge in [0, 0.05) is 25.0 Å². The zero-order chi connectivity index (χ0) is 15.2. The van der Waals surface area contributed by atoms with Gasteiger partial charge in [-0.15, -0.1) is 5.10 Å². The summed E-state index contributed by atoms with van der Waals surface area (Å²) in [5, 5.41) is 12.7. The van der Waals surface area contributed by atoms with Gasteiger partial charge in [0.2, 0.25) is 5.90 Å². The molecule has 21 heavy (non-hydrogen) atoms. The highest BCUT2D eigenvalue weighted by molar-refractivity contribution is 6.24. The number of aromatic nitrogens is 1. The Kier molecular flexibility index (Phi) is 5.16. The van der Waals surface area contributed by atoms with Crippen molar-refractivity contribution in [2.45, 2.75) is 39.3 Å². The van der Waals surface area contributed by atoms with Gasteiger partial charge in [0.05, 0.1) is 6.10 Å². The lowest BCUT2D eigenvalue weighted by Gasteiger charge is -2.09. The number of carbonyl (C=O) groups excluding carboxylic acids is 1. The summed E-state index contributed by atoms with van der Waals surface area (Å²) in [5.41, 5.74) is 3.78. The van der Waals surface area contributed by atoms with Gasteiger partial charge in [0.1, 0.15) is 5.57 Å². The van der Waals surface area contributed by atoms with Crippen LogP contribution in [0.1, 0.15) is 32.4 Å². The van der Waals surface area contributed by atoms with Gasteiger partial charge in [0.25, 0.3) is 5.91 Å². The van der Waals surface area contributed by atoms with E-state index in [4.69, 9.17) is 9.84 Å². The highest BCUT2D eigenvalue weighted by atomic mass is 16.5. The van der Waals surface area contributed by atoms with Gasteiger partial charge in [-0.1, -0.05) is 0 Å². The summed E-state index contributed by atoms with van der Waals surface area (Å²) in [7, 11) is 0. The van der Waals surface area contributed by atoms with Crippen molar-refractivity contribution in [2.24, 2.45) is 5.10 Å². The predicted molar refractivity (Wildman–Crippen MR) is 80.5 cm³/mol. The molecular formula is C15H21N3O3. The van der Waals surface area contributed by atoms with Crippen LogP contribution in [-0.2, 0) is 16.1 Å². The van der Waals surface area contributed by atoms with E-state index in [1.165, 1.54) is 0 Å². The van der Waals surface area contributed by atoms with Crippen molar-refractivity contribution in [2.75, 3.05) is 6.61 Å². The van der Waals surface area contributed by atoms with E-state index >= 15 is 0 Å². The molecule has 0 saturated carbocycles. The largest absolute Gasteiger partial charge is 0.473 e. The fourth-order valence-corrected chi connectivity index (χ4v) is 2.06. The second kappa shape index (κ2) is 7.08. The molecule has 0 bridgehead atoms. The molecule has 2 rings (SSSR count). The molecule has 1 aromatic rings. The van der Waals surface area contributed by atoms with Crippen molar-refractivity contribution < 1.29 is 14.6 Å². The zero-order valence-corrected chi connectivity index (χ0v) is 12.4. The number of hydrogen-bond acceptors (Lipinski definition) is 4. The quantitative estimate of drug-likeness (QED) is 0.616. The molecule has 0 radical (unpaired) electrons.